The van der Waals surface area contributed by atoms with Crippen molar-refractivity contribution >= 4 is 17.7 Å². The highest BCUT2D eigenvalue weighted by atomic mass is 16.1. The molecule has 0 aliphatic heterocycles. The van der Waals surface area contributed by atoms with Crippen LogP contribution in [0.25, 0.3) is 0 Å². The summed E-state index contributed by atoms with van der Waals surface area (Å²) in [6.45, 7) is 5.01. The van der Waals surface area contributed by atoms with Crippen LogP contribution in [0.3, 0.4) is 0 Å². The summed E-state index contributed by atoms with van der Waals surface area (Å²) in [7, 11) is 1.60. The fourth-order valence-corrected chi connectivity index (χ4v) is 1.23. The molecule has 0 saturated heterocycles. The number of carbonyl (C=O) groups is 1. The number of likely N-dealkylation sites (N-methyl/N-ethyl adjacent to an activating group) is 1. The minimum Gasteiger partial charge on any atom is -0.361 e. The predicted molar refractivity (Wildman–Crippen MR) is 68.1 cm³/mol. The molecule has 0 spiro atoms. The molecule has 94 valence electrons. The van der Waals surface area contributed by atoms with Gasteiger partial charge in [-0.05, 0) is 13.3 Å². The summed E-state index contributed by atoms with van der Waals surface area (Å²) >= 11 is 0. The molecular weight excluding hydrogens is 218 g/mol. The van der Waals surface area contributed by atoms with E-state index in [2.05, 4.69) is 32.8 Å². The van der Waals surface area contributed by atoms with Crippen molar-refractivity contribution in [2.75, 3.05) is 30.8 Å². The van der Waals surface area contributed by atoms with E-state index in [1.54, 1.807) is 13.1 Å². The quantitative estimate of drug-likeness (QED) is 0.681. The van der Waals surface area contributed by atoms with Crippen LogP contribution in [0, 0.1) is 6.92 Å². The Bertz CT molecular complexity index is 380. The predicted octanol–water partition coefficient (Wildman–Crippen LogP) is 0.765. The van der Waals surface area contributed by atoms with Gasteiger partial charge in [0.05, 0.1) is 6.54 Å². The number of hydrogen-bond acceptors (Lipinski definition) is 5. The Balaban J connectivity index is 2.65. The summed E-state index contributed by atoms with van der Waals surface area (Å²) in [5.74, 6) is 1.16. The van der Waals surface area contributed by atoms with Crippen LogP contribution in [0.15, 0.2) is 6.07 Å². The van der Waals surface area contributed by atoms with Gasteiger partial charge in [0.2, 0.25) is 11.9 Å². The van der Waals surface area contributed by atoms with Gasteiger partial charge in [0.15, 0.2) is 0 Å². The molecule has 0 fully saturated rings. The Kier molecular flexibility index (Phi) is 5.19. The normalized spacial score (nSPS) is 9.82. The van der Waals surface area contributed by atoms with E-state index in [0.29, 0.717) is 11.8 Å². The third kappa shape index (κ3) is 4.67. The molecule has 1 rings (SSSR count). The van der Waals surface area contributed by atoms with Crippen LogP contribution >= 0.6 is 0 Å². The second-order valence-electron chi connectivity index (χ2n) is 3.67. The average molecular weight is 237 g/mol. The van der Waals surface area contributed by atoms with E-state index in [9.17, 15) is 4.79 Å². The molecule has 0 saturated carbocycles. The minimum atomic E-state index is -0.0793. The van der Waals surface area contributed by atoms with Gasteiger partial charge in [0.1, 0.15) is 5.82 Å². The van der Waals surface area contributed by atoms with E-state index in [4.69, 9.17) is 0 Å². The van der Waals surface area contributed by atoms with Gasteiger partial charge in [0.25, 0.3) is 0 Å². The summed E-state index contributed by atoms with van der Waals surface area (Å²) in [5.41, 5.74) is 0.859. The van der Waals surface area contributed by atoms with Crippen molar-refractivity contribution in [3.8, 4) is 0 Å². The monoisotopic (exact) mass is 237 g/mol. The lowest BCUT2D eigenvalue weighted by Crippen LogP contribution is -2.26. The summed E-state index contributed by atoms with van der Waals surface area (Å²) < 4.78 is 0. The molecule has 1 heterocycles. The zero-order valence-electron chi connectivity index (χ0n) is 10.5. The fourth-order valence-electron chi connectivity index (χ4n) is 1.23. The summed E-state index contributed by atoms with van der Waals surface area (Å²) in [5, 5.41) is 8.60. The van der Waals surface area contributed by atoms with Gasteiger partial charge in [-0.15, -0.1) is 0 Å². The first-order chi connectivity index (χ1) is 8.15. The maximum absolute atomic E-state index is 11.1. The summed E-state index contributed by atoms with van der Waals surface area (Å²) in [6.07, 6.45) is 1.01. The highest BCUT2D eigenvalue weighted by Crippen LogP contribution is 2.09. The fraction of sp³-hybridized carbons (Fsp3) is 0.545. The molecule has 0 bridgehead atoms. The van der Waals surface area contributed by atoms with Crippen LogP contribution in [0.4, 0.5) is 11.8 Å². The number of aromatic nitrogens is 2. The Morgan fingerprint density at radius 3 is 2.76 bits per heavy atom. The maximum Gasteiger partial charge on any atom is 0.239 e. The second kappa shape index (κ2) is 6.67. The Morgan fingerprint density at radius 2 is 2.12 bits per heavy atom. The largest absolute Gasteiger partial charge is 0.361 e. The zero-order valence-corrected chi connectivity index (χ0v) is 10.5. The molecule has 0 unspecified atom stereocenters. The molecule has 1 aromatic heterocycles. The molecule has 0 aromatic carbocycles. The van der Waals surface area contributed by atoms with Gasteiger partial charge in [-0.25, -0.2) is 4.98 Å². The van der Waals surface area contributed by atoms with E-state index >= 15 is 0 Å². The first kappa shape index (κ1) is 13.2. The van der Waals surface area contributed by atoms with Crippen LogP contribution in [0.2, 0.25) is 0 Å². The molecule has 1 amide bonds. The molecule has 1 aromatic rings. The van der Waals surface area contributed by atoms with E-state index in [-0.39, 0.29) is 12.5 Å². The van der Waals surface area contributed by atoms with Crippen molar-refractivity contribution in [1.82, 2.24) is 15.3 Å². The van der Waals surface area contributed by atoms with E-state index in [0.717, 1.165) is 18.7 Å². The van der Waals surface area contributed by atoms with Gasteiger partial charge < -0.3 is 16.0 Å². The maximum atomic E-state index is 11.1. The molecule has 0 aliphatic carbocycles. The van der Waals surface area contributed by atoms with Crippen molar-refractivity contribution in [3.05, 3.63) is 11.8 Å². The number of anilines is 2. The van der Waals surface area contributed by atoms with Crippen LogP contribution in [-0.2, 0) is 4.79 Å². The van der Waals surface area contributed by atoms with Gasteiger partial charge in [0, 0.05) is 25.4 Å². The van der Waals surface area contributed by atoms with Crippen molar-refractivity contribution in [2.45, 2.75) is 20.3 Å². The number of hydrogen-bond donors (Lipinski definition) is 3. The van der Waals surface area contributed by atoms with Crippen molar-refractivity contribution in [1.29, 1.82) is 0 Å². The van der Waals surface area contributed by atoms with E-state index in [1.807, 2.05) is 6.92 Å². The molecule has 17 heavy (non-hydrogen) atoms. The lowest BCUT2D eigenvalue weighted by Gasteiger charge is -2.08. The van der Waals surface area contributed by atoms with E-state index in [1.165, 1.54) is 0 Å². The molecule has 3 N–H and O–H groups in total. The second-order valence-corrected chi connectivity index (χ2v) is 3.67. The Hall–Kier alpha value is -1.85. The standard InChI is InChI=1S/C11H19N5O/c1-4-5-13-11-15-8(2)6-9(16-11)14-7-10(17)12-3/h6H,4-5,7H2,1-3H3,(H,12,17)(H2,13,14,15,16). The zero-order chi connectivity index (χ0) is 12.7. The smallest absolute Gasteiger partial charge is 0.239 e. The van der Waals surface area contributed by atoms with Crippen molar-refractivity contribution < 1.29 is 4.79 Å². The first-order valence-corrected chi connectivity index (χ1v) is 5.69. The highest BCUT2D eigenvalue weighted by Gasteiger charge is 2.03. The number of aryl methyl sites for hydroxylation is 1. The van der Waals surface area contributed by atoms with Gasteiger partial charge in [-0.1, -0.05) is 6.92 Å². The molecule has 6 nitrogen and oxygen atoms in total. The van der Waals surface area contributed by atoms with Crippen LogP contribution in [0.1, 0.15) is 19.0 Å². The molecule has 6 heteroatoms. The number of rotatable bonds is 6. The topological polar surface area (TPSA) is 78.9 Å². The van der Waals surface area contributed by atoms with Crippen LogP contribution in [-0.4, -0.2) is 36.0 Å². The summed E-state index contributed by atoms with van der Waals surface area (Å²) in [6, 6.07) is 1.81. The van der Waals surface area contributed by atoms with Crippen molar-refractivity contribution in [3.63, 3.8) is 0 Å². The Labute approximate surface area is 101 Å². The SMILES string of the molecule is CCCNc1nc(C)cc(NCC(=O)NC)n1. The van der Waals surface area contributed by atoms with Crippen LogP contribution < -0.4 is 16.0 Å². The number of nitrogens with zero attached hydrogens (tertiary/aromatic N) is 2. The first-order valence-electron chi connectivity index (χ1n) is 5.69. The summed E-state index contributed by atoms with van der Waals surface area (Å²) in [4.78, 5) is 19.6. The number of carbonyl (C=O) groups excluding carboxylic acids is 1. The van der Waals surface area contributed by atoms with Crippen molar-refractivity contribution in [2.24, 2.45) is 0 Å². The number of nitrogens with one attached hydrogen (secondary N) is 3. The third-order valence-corrected chi connectivity index (χ3v) is 2.10. The van der Waals surface area contributed by atoms with Gasteiger partial charge in [-0.3, -0.25) is 4.79 Å². The molecule has 0 atom stereocenters. The van der Waals surface area contributed by atoms with Gasteiger partial charge >= 0.3 is 0 Å². The van der Waals surface area contributed by atoms with Gasteiger partial charge in [-0.2, -0.15) is 4.98 Å². The van der Waals surface area contributed by atoms with Crippen LogP contribution in [0.5, 0.6) is 0 Å². The number of amides is 1. The molecule has 0 radical (unpaired) electrons. The van der Waals surface area contributed by atoms with E-state index < -0.39 is 0 Å². The molecular formula is C11H19N5O. The third-order valence-electron chi connectivity index (χ3n) is 2.10. The molecule has 0 aliphatic rings. The highest BCUT2D eigenvalue weighted by molar-refractivity contribution is 5.80. The Morgan fingerprint density at radius 1 is 1.35 bits per heavy atom. The average Bonchev–Trinajstić information content (AvgIpc) is 2.32. The lowest BCUT2D eigenvalue weighted by atomic mass is 10.4. The minimum absolute atomic E-state index is 0.0793. The lowest BCUT2D eigenvalue weighted by molar-refractivity contribution is -0.118.